The lowest BCUT2D eigenvalue weighted by atomic mass is 10.0. The Bertz CT molecular complexity index is 292. The van der Waals surface area contributed by atoms with Gasteiger partial charge in [-0.25, -0.2) is 0 Å². The first-order valence-corrected chi connectivity index (χ1v) is 5.94. The van der Waals surface area contributed by atoms with Crippen LogP contribution in [0.3, 0.4) is 0 Å². The van der Waals surface area contributed by atoms with Gasteiger partial charge in [-0.3, -0.25) is 9.59 Å². The monoisotopic (exact) mass is 261 g/mol. The van der Waals surface area contributed by atoms with E-state index in [0.717, 1.165) is 25.8 Å². The summed E-state index contributed by atoms with van der Waals surface area (Å²) in [6, 6.07) is -0.0662. The van der Waals surface area contributed by atoms with Crippen LogP contribution < -0.4 is 10.6 Å². The number of carbonyl (C=O) groups is 2. The van der Waals surface area contributed by atoms with Crippen molar-refractivity contribution in [1.82, 2.24) is 15.5 Å². The average molecular weight is 262 g/mol. The van der Waals surface area contributed by atoms with E-state index in [4.69, 9.17) is 0 Å². The average Bonchev–Trinajstić information content (AvgIpc) is 2.59. The Balaban J connectivity index is 0.00000144. The highest BCUT2D eigenvalue weighted by molar-refractivity contribution is 5.85. The summed E-state index contributed by atoms with van der Waals surface area (Å²) in [7, 11) is 1.77. The topological polar surface area (TPSA) is 61.4 Å². The van der Waals surface area contributed by atoms with E-state index in [1.807, 2.05) is 0 Å². The van der Waals surface area contributed by atoms with Crippen molar-refractivity contribution in [3.63, 3.8) is 0 Å². The Morgan fingerprint density at radius 3 is 2.76 bits per heavy atom. The molecule has 0 aromatic carbocycles. The zero-order valence-corrected chi connectivity index (χ0v) is 10.9. The molecule has 0 bridgehead atoms. The molecule has 2 heterocycles. The molecule has 6 heteroatoms. The van der Waals surface area contributed by atoms with Crippen LogP contribution in [0.1, 0.15) is 25.7 Å². The van der Waals surface area contributed by atoms with Crippen LogP contribution in [0.2, 0.25) is 0 Å². The van der Waals surface area contributed by atoms with E-state index in [9.17, 15) is 9.59 Å². The van der Waals surface area contributed by atoms with Gasteiger partial charge in [-0.05, 0) is 19.4 Å². The number of nitrogens with zero attached hydrogens (tertiary/aromatic N) is 1. The maximum Gasteiger partial charge on any atom is 0.237 e. The molecule has 0 radical (unpaired) electrons. The van der Waals surface area contributed by atoms with Crippen molar-refractivity contribution in [1.29, 1.82) is 0 Å². The van der Waals surface area contributed by atoms with E-state index in [0.29, 0.717) is 13.0 Å². The zero-order chi connectivity index (χ0) is 11.5. The Morgan fingerprint density at radius 1 is 1.47 bits per heavy atom. The van der Waals surface area contributed by atoms with Crippen molar-refractivity contribution in [2.75, 3.05) is 20.1 Å². The van der Waals surface area contributed by atoms with Crippen molar-refractivity contribution < 1.29 is 9.59 Å². The number of halogens is 1. The summed E-state index contributed by atoms with van der Waals surface area (Å²) in [6.45, 7) is 1.55. The van der Waals surface area contributed by atoms with Gasteiger partial charge in [-0.2, -0.15) is 0 Å². The Hall–Kier alpha value is -0.810. The number of hydrogen-bond donors (Lipinski definition) is 2. The smallest absolute Gasteiger partial charge is 0.237 e. The largest absolute Gasteiger partial charge is 0.350 e. The van der Waals surface area contributed by atoms with Crippen LogP contribution in [0.4, 0.5) is 0 Å². The fraction of sp³-hybridized carbons (Fsp3) is 0.818. The fourth-order valence-electron chi connectivity index (χ4n) is 2.34. The lowest BCUT2D eigenvalue weighted by Crippen LogP contribution is -2.50. The zero-order valence-electron chi connectivity index (χ0n) is 10.1. The third-order valence-electron chi connectivity index (χ3n) is 3.31. The third-order valence-corrected chi connectivity index (χ3v) is 3.31. The SMILES string of the molecule is CN1CC(NC(=O)[C@H]2CCCCN2)CC1=O.Cl. The molecule has 0 aromatic rings. The molecule has 5 nitrogen and oxygen atoms in total. The molecular formula is C11H20ClN3O2. The van der Waals surface area contributed by atoms with E-state index >= 15 is 0 Å². The van der Waals surface area contributed by atoms with Crippen molar-refractivity contribution in [2.24, 2.45) is 0 Å². The summed E-state index contributed by atoms with van der Waals surface area (Å²) in [4.78, 5) is 24.8. The van der Waals surface area contributed by atoms with Gasteiger partial charge in [-0.1, -0.05) is 6.42 Å². The maximum absolute atomic E-state index is 11.9. The Morgan fingerprint density at radius 2 is 2.24 bits per heavy atom. The molecular weight excluding hydrogens is 242 g/mol. The van der Waals surface area contributed by atoms with Gasteiger partial charge in [0, 0.05) is 20.0 Å². The third kappa shape index (κ3) is 3.57. The molecule has 2 saturated heterocycles. The molecule has 0 aliphatic carbocycles. The number of nitrogens with one attached hydrogen (secondary N) is 2. The summed E-state index contributed by atoms with van der Waals surface area (Å²) in [5.41, 5.74) is 0. The number of hydrogen-bond acceptors (Lipinski definition) is 3. The highest BCUT2D eigenvalue weighted by Gasteiger charge is 2.30. The van der Waals surface area contributed by atoms with E-state index in [1.54, 1.807) is 11.9 Å². The van der Waals surface area contributed by atoms with Crippen molar-refractivity contribution in [2.45, 2.75) is 37.8 Å². The minimum absolute atomic E-state index is 0. The van der Waals surface area contributed by atoms with Gasteiger partial charge in [-0.15, -0.1) is 12.4 Å². The second-order valence-electron chi connectivity index (χ2n) is 4.69. The lowest BCUT2D eigenvalue weighted by Gasteiger charge is -2.24. The first-order chi connectivity index (χ1) is 7.66. The number of rotatable bonds is 2. The molecule has 0 spiro atoms. The molecule has 2 aliphatic rings. The number of likely N-dealkylation sites (N-methyl/N-ethyl adjacent to an activating group) is 1. The van der Waals surface area contributed by atoms with E-state index < -0.39 is 0 Å². The van der Waals surface area contributed by atoms with Gasteiger partial charge < -0.3 is 15.5 Å². The minimum atomic E-state index is -0.0604. The van der Waals surface area contributed by atoms with Crippen LogP contribution in [0.25, 0.3) is 0 Å². The van der Waals surface area contributed by atoms with E-state index in [2.05, 4.69) is 10.6 Å². The molecule has 17 heavy (non-hydrogen) atoms. The quantitative estimate of drug-likeness (QED) is 0.730. The van der Waals surface area contributed by atoms with Crippen LogP contribution in [0, 0.1) is 0 Å². The van der Waals surface area contributed by atoms with Crippen molar-refractivity contribution in [3.05, 3.63) is 0 Å². The summed E-state index contributed by atoms with van der Waals surface area (Å²) in [6.07, 6.45) is 3.60. The van der Waals surface area contributed by atoms with Gasteiger partial charge in [0.05, 0.1) is 12.1 Å². The maximum atomic E-state index is 11.9. The molecule has 2 N–H and O–H groups in total. The summed E-state index contributed by atoms with van der Waals surface area (Å²) >= 11 is 0. The first kappa shape index (κ1) is 14.3. The van der Waals surface area contributed by atoms with Crippen LogP contribution in [0.5, 0.6) is 0 Å². The molecule has 2 rings (SSSR count). The summed E-state index contributed by atoms with van der Waals surface area (Å²) in [5, 5.41) is 6.15. The van der Waals surface area contributed by atoms with E-state index in [1.165, 1.54) is 0 Å². The standard InChI is InChI=1S/C11H19N3O2.ClH/c1-14-7-8(6-10(14)15)13-11(16)9-4-2-3-5-12-9;/h8-9,12H,2-7H2,1H3,(H,13,16);1H/t8?,9-;/m1./s1. The highest BCUT2D eigenvalue weighted by atomic mass is 35.5. The Kier molecular flexibility index (Phi) is 5.21. The molecule has 1 unspecified atom stereocenters. The number of amides is 2. The molecule has 2 aliphatic heterocycles. The molecule has 98 valence electrons. The molecule has 0 saturated carbocycles. The normalized spacial score (nSPS) is 28.8. The van der Waals surface area contributed by atoms with E-state index in [-0.39, 0.29) is 36.3 Å². The second kappa shape index (κ2) is 6.21. The predicted molar refractivity (Wildman–Crippen MR) is 67.1 cm³/mol. The number of piperidine rings is 1. The predicted octanol–water partition coefficient (Wildman–Crippen LogP) is -0.103. The Labute approximate surface area is 108 Å². The first-order valence-electron chi connectivity index (χ1n) is 5.94. The number of carbonyl (C=O) groups excluding carboxylic acids is 2. The van der Waals surface area contributed by atoms with Gasteiger partial charge >= 0.3 is 0 Å². The van der Waals surface area contributed by atoms with Gasteiger partial charge in [0.15, 0.2) is 0 Å². The number of likely N-dealkylation sites (tertiary alicyclic amines) is 1. The summed E-state index contributed by atoms with van der Waals surface area (Å²) < 4.78 is 0. The van der Waals surface area contributed by atoms with Crippen molar-refractivity contribution >= 4 is 24.2 Å². The highest BCUT2D eigenvalue weighted by Crippen LogP contribution is 2.11. The van der Waals surface area contributed by atoms with Crippen LogP contribution in [-0.4, -0.2) is 48.9 Å². The van der Waals surface area contributed by atoms with Gasteiger partial charge in [0.1, 0.15) is 0 Å². The minimum Gasteiger partial charge on any atom is -0.350 e. The molecule has 2 atom stereocenters. The van der Waals surface area contributed by atoms with Gasteiger partial charge in [0.25, 0.3) is 0 Å². The fourth-order valence-corrected chi connectivity index (χ4v) is 2.34. The van der Waals surface area contributed by atoms with Crippen LogP contribution >= 0.6 is 12.4 Å². The lowest BCUT2D eigenvalue weighted by molar-refractivity contribution is -0.126. The second-order valence-corrected chi connectivity index (χ2v) is 4.69. The van der Waals surface area contributed by atoms with Crippen molar-refractivity contribution in [3.8, 4) is 0 Å². The molecule has 0 aromatic heterocycles. The van der Waals surface area contributed by atoms with Gasteiger partial charge in [0.2, 0.25) is 11.8 Å². The van der Waals surface area contributed by atoms with Crippen LogP contribution in [-0.2, 0) is 9.59 Å². The molecule has 2 fully saturated rings. The molecule has 2 amide bonds. The summed E-state index contributed by atoms with van der Waals surface area (Å²) in [5.74, 6) is 0.162. The van der Waals surface area contributed by atoms with Crippen LogP contribution in [0.15, 0.2) is 0 Å².